The molecule has 0 saturated carbocycles. The van der Waals surface area contributed by atoms with Crippen molar-refractivity contribution in [1.29, 1.82) is 0 Å². The maximum atomic E-state index is 12.3. The third kappa shape index (κ3) is 5.31. The van der Waals surface area contributed by atoms with Crippen molar-refractivity contribution >= 4 is 17.4 Å². The average Bonchev–Trinajstić information content (AvgIpc) is 2.63. The minimum atomic E-state index is -0.163. The van der Waals surface area contributed by atoms with Crippen molar-refractivity contribution in [3.05, 3.63) is 48.0 Å². The van der Waals surface area contributed by atoms with Gasteiger partial charge in [-0.05, 0) is 55.0 Å². The van der Waals surface area contributed by atoms with Gasteiger partial charge in [-0.1, -0.05) is 0 Å². The second-order valence-corrected chi connectivity index (χ2v) is 6.27. The van der Waals surface area contributed by atoms with E-state index in [2.05, 4.69) is 5.32 Å². The molecule has 0 saturated heterocycles. The minimum absolute atomic E-state index is 0.163. The Hall–Kier alpha value is -2.89. The van der Waals surface area contributed by atoms with Crippen LogP contribution in [0.25, 0.3) is 0 Å². The van der Waals surface area contributed by atoms with Gasteiger partial charge in [-0.15, -0.1) is 0 Å². The summed E-state index contributed by atoms with van der Waals surface area (Å²) in [4.78, 5) is 16.0. The fourth-order valence-electron chi connectivity index (χ4n) is 2.35. The summed E-state index contributed by atoms with van der Waals surface area (Å²) in [5.41, 5.74) is 2.93. The van der Waals surface area contributed by atoms with Crippen molar-refractivity contribution in [1.82, 2.24) is 4.90 Å². The zero-order valence-electron chi connectivity index (χ0n) is 16.1. The van der Waals surface area contributed by atoms with Crippen molar-refractivity contribution in [2.24, 2.45) is 0 Å². The Balaban J connectivity index is 1.83. The van der Waals surface area contributed by atoms with Crippen LogP contribution in [0.2, 0.25) is 0 Å². The van der Waals surface area contributed by atoms with Crippen LogP contribution in [0.15, 0.2) is 42.5 Å². The molecule has 0 heterocycles. The molecule has 2 rings (SSSR count). The second kappa shape index (κ2) is 8.99. The van der Waals surface area contributed by atoms with E-state index in [1.165, 1.54) is 0 Å². The van der Waals surface area contributed by atoms with Crippen LogP contribution in [-0.4, -0.2) is 52.3 Å². The molecule has 140 valence electrons. The Bertz CT molecular complexity index is 730. The number of ether oxygens (including phenoxy) is 2. The van der Waals surface area contributed by atoms with Crippen LogP contribution >= 0.6 is 0 Å². The minimum Gasteiger partial charge on any atom is -0.497 e. The number of anilines is 2. The largest absolute Gasteiger partial charge is 0.497 e. The summed E-state index contributed by atoms with van der Waals surface area (Å²) in [5, 5.41) is 2.94. The number of carbonyl (C=O) groups excluding carboxylic acids is 1. The summed E-state index contributed by atoms with van der Waals surface area (Å²) in [5.74, 6) is 1.53. The van der Waals surface area contributed by atoms with Crippen LogP contribution in [0.1, 0.15) is 5.56 Å². The second-order valence-electron chi connectivity index (χ2n) is 6.27. The number of carbonyl (C=O) groups is 1. The lowest BCUT2D eigenvalue weighted by Gasteiger charge is -2.20. The van der Waals surface area contributed by atoms with E-state index in [1.807, 2.05) is 68.4 Å². The predicted octanol–water partition coefficient (Wildman–Crippen LogP) is 3.61. The van der Waals surface area contributed by atoms with Crippen molar-refractivity contribution < 1.29 is 14.3 Å². The Morgan fingerprint density at radius 1 is 1.04 bits per heavy atom. The molecule has 0 radical (unpaired) electrons. The predicted molar refractivity (Wildman–Crippen MR) is 106 cm³/mol. The summed E-state index contributed by atoms with van der Waals surface area (Å²) in [6.07, 6.45) is 0. The number of rotatable bonds is 7. The molecule has 1 N–H and O–H groups in total. The average molecular weight is 357 g/mol. The van der Waals surface area contributed by atoms with Crippen LogP contribution in [0, 0.1) is 6.92 Å². The SMILES string of the molecule is COc1ccc(OCCN(C)C(=O)Nc2ccc(N(C)C)cc2C)cc1. The van der Waals surface area contributed by atoms with Crippen molar-refractivity contribution in [2.45, 2.75) is 6.92 Å². The number of methoxy groups -OCH3 is 1. The van der Waals surface area contributed by atoms with Gasteiger partial charge in [-0.25, -0.2) is 4.79 Å². The zero-order valence-corrected chi connectivity index (χ0v) is 16.1. The van der Waals surface area contributed by atoms with Gasteiger partial charge in [0.25, 0.3) is 0 Å². The normalized spacial score (nSPS) is 10.2. The molecule has 0 aromatic heterocycles. The number of benzene rings is 2. The number of hydrogen-bond acceptors (Lipinski definition) is 4. The molecule has 0 fully saturated rings. The molecule has 0 unspecified atom stereocenters. The van der Waals surface area contributed by atoms with E-state index in [-0.39, 0.29) is 6.03 Å². The van der Waals surface area contributed by atoms with Crippen LogP contribution in [0.4, 0.5) is 16.2 Å². The van der Waals surface area contributed by atoms with E-state index >= 15 is 0 Å². The third-order valence-corrected chi connectivity index (χ3v) is 4.07. The maximum Gasteiger partial charge on any atom is 0.321 e. The van der Waals surface area contributed by atoms with Crippen LogP contribution in [0.5, 0.6) is 11.5 Å². The van der Waals surface area contributed by atoms with E-state index in [4.69, 9.17) is 9.47 Å². The molecule has 0 aliphatic heterocycles. The molecule has 6 heteroatoms. The number of nitrogens with one attached hydrogen (secondary N) is 1. The molecule has 0 atom stereocenters. The molecule has 0 bridgehead atoms. The Kier molecular flexibility index (Phi) is 6.72. The maximum absolute atomic E-state index is 12.3. The molecule has 0 aliphatic rings. The third-order valence-electron chi connectivity index (χ3n) is 4.07. The number of nitrogens with zero attached hydrogens (tertiary/aromatic N) is 2. The van der Waals surface area contributed by atoms with E-state index in [0.717, 1.165) is 28.4 Å². The van der Waals surface area contributed by atoms with Crippen LogP contribution in [0.3, 0.4) is 0 Å². The van der Waals surface area contributed by atoms with Crippen molar-refractivity contribution in [3.63, 3.8) is 0 Å². The van der Waals surface area contributed by atoms with Crippen LogP contribution < -0.4 is 19.7 Å². The number of hydrogen-bond donors (Lipinski definition) is 1. The van der Waals surface area contributed by atoms with E-state index in [0.29, 0.717) is 13.2 Å². The molecule has 0 spiro atoms. The first-order valence-corrected chi connectivity index (χ1v) is 8.47. The zero-order chi connectivity index (χ0) is 19.1. The van der Waals surface area contributed by atoms with Gasteiger partial charge < -0.3 is 24.6 Å². The van der Waals surface area contributed by atoms with Gasteiger partial charge >= 0.3 is 6.03 Å². The summed E-state index contributed by atoms with van der Waals surface area (Å²) in [7, 11) is 7.35. The lowest BCUT2D eigenvalue weighted by Crippen LogP contribution is -2.34. The quantitative estimate of drug-likeness (QED) is 0.822. The molecule has 6 nitrogen and oxygen atoms in total. The lowest BCUT2D eigenvalue weighted by molar-refractivity contribution is 0.207. The first-order valence-electron chi connectivity index (χ1n) is 8.47. The topological polar surface area (TPSA) is 54.0 Å². The molecule has 26 heavy (non-hydrogen) atoms. The monoisotopic (exact) mass is 357 g/mol. The highest BCUT2D eigenvalue weighted by atomic mass is 16.5. The van der Waals surface area contributed by atoms with Gasteiger partial charge in [0.1, 0.15) is 18.1 Å². The summed E-state index contributed by atoms with van der Waals surface area (Å²) >= 11 is 0. The van der Waals surface area contributed by atoms with Gasteiger partial charge in [-0.3, -0.25) is 0 Å². The molecule has 2 amide bonds. The van der Waals surface area contributed by atoms with Gasteiger partial charge in [0.2, 0.25) is 0 Å². The summed E-state index contributed by atoms with van der Waals surface area (Å²) in [6, 6.07) is 13.1. The first-order chi connectivity index (χ1) is 12.4. The number of aryl methyl sites for hydroxylation is 1. The molecule has 2 aromatic rings. The van der Waals surface area contributed by atoms with Gasteiger partial charge in [0, 0.05) is 32.5 Å². The number of likely N-dealkylation sites (N-methyl/N-ethyl adjacent to an activating group) is 1. The van der Waals surface area contributed by atoms with Crippen molar-refractivity contribution in [3.8, 4) is 11.5 Å². The summed E-state index contributed by atoms with van der Waals surface area (Å²) in [6.45, 7) is 2.87. The number of amides is 2. The Morgan fingerprint density at radius 3 is 2.27 bits per heavy atom. The highest BCUT2D eigenvalue weighted by Crippen LogP contribution is 2.21. The fraction of sp³-hybridized carbons (Fsp3) is 0.350. The molecule has 2 aromatic carbocycles. The van der Waals surface area contributed by atoms with Gasteiger partial charge in [0.15, 0.2) is 0 Å². The molecular weight excluding hydrogens is 330 g/mol. The van der Waals surface area contributed by atoms with Crippen molar-refractivity contribution in [2.75, 3.05) is 51.6 Å². The fourth-order valence-corrected chi connectivity index (χ4v) is 2.35. The molecular formula is C20H27N3O3. The lowest BCUT2D eigenvalue weighted by atomic mass is 10.1. The van der Waals surface area contributed by atoms with E-state index in [1.54, 1.807) is 19.1 Å². The Labute approximate surface area is 155 Å². The van der Waals surface area contributed by atoms with Crippen LogP contribution in [-0.2, 0) is 0 Å². The first kappa shape index (κ1) is 19.4. The summed E-state index contributed by atoms with van der Waals surface area (Å²) < 4.78 is 10.8. The van der Waals surface area contributed by atoms with Gasteiger partial charge in [0.05, 0.1) is 13.7 Å². The van der Waals surface area contributed by atoms with E-state index in [9.17, 15) is 4.79 Å². The Morgan fingerprint density at radius 2 is 1.69 bits per heavy atom. The standard InChI is InChI=1S/C20H27N3O3/c1-15-14-16(22(2)3)6-11-19(15)21-20(24)23(4)12-13-26-18-9-7-17(25-5)8-10-18/h6-11,14H,12-13H2,1-5H3,(H,21,24). The van der Waals surface area contributed by atoms with Gasteiger partial charge in [-0.2, -0.15) is 0 Å². The smallest absolute Gasteiger partial charge is 0.321 e. The number of urea groups is 1. The highest BCUT2D eigenvalue weighted by molar-refractivity contribution is 5.90. The van der Waals surface area contributed by atoms with E-state index < -0.39 is 0 Å². The molecule has 0 aliphatic carbocycles. The highest BCUT2D eigenvalue weighted by Gasteiger charge is 2.11.